The Bertz CT molecular complexity index is 450. The summed E-state index contributed by atoms with van der Waals surface area (Å²) in [5, 5.41) is 12.4. The molecule has 0 atom stereocenters. The molecule has 1 aromatic rings. The lowest BCUT2D eigenvalue weighted by molar-refractivity contribution is -0.132. The van der Waals surface area contributed by atoms with E-state index in [-0.39, 0.29) is 11.7 Å². The number of para-hydroxylation sites is 1. The third-order valence-electron chi connectivity index (χ3n) is 3.37. The smallest absolute Gasteiger partial charge is 0.268 e. The number of carbonyl (C=O) groups excluding carboxylic acids is 1. The maximum Gasteiger partial charge on any atom is 0.268 e. The zero-order chi connectivity index (χ0) is 11.2. The summed E-state index contributed by atoms with van der Waals surface area (Å²) in [6.45, 7) is 0. The Hall–Kier alpha value is -1.71. The van der Waals surface area contributed by atoms with Gasteiger partial charge < -0.3 is 15.2 Å². The minimum Gasteiger partial charge on any atom is -0.506 e. The van der Waals surface area contributed by atoms with Crippen LogP contribution in [0.1, 0.15) is 25.7 Å². The summed E-state index contributed by atoms with van der Waals surface area (Å²) in [6.07, 6.45) is 3.55. The lowest BCUT2D eigenvalue weighted by atomic mass is 9.98. The predicted octanol–water partition coefficient (Wildman–Crippen LogP) is 2.04. The summed E-state index contributed by atoms with van der Waals surface area (Å²) in [5.74, 6) is 0.499. The molecule has 0 unspecified atom stereocenters. The number of phenols is 1. The second-order valence-electron chi connectivity index (χ2n) is 4.41. The maximum atomic E-state index is 12.0. The molecular weight excluding hydrogens is 206 g/mol. The monoisotopic (exact) mass is 219 g/mol. The standard InChI is InChI=1S/C12H13NO3/c14-8-4-3-5-9-10(8)13-11(15)12(16-9)6-1-2-7-12/h3-5,14H,1-2,6-7H2,(H,13,15). The summed E-state index contributed by atoms with van der Waals surface area (Å²) in [4.78, 5) is 12.0. The molecule has 1 aliphatic heterocycles. The molecule has 16 heavy (non-hydrogen) atoms. The van der Waals surface area contributed by atoms with Gasteiger partial charge in [0.05, 0.1) is 0 Å². The van der Waals surface area contributed by atoms with Crippen molar-refractivity contribution in [3.63, 3.8) is 0 Å². The first-order chi connectivity index (χ1) is 7.71. The minimum atomic E-state index is -0.694. The van der Waals surface area contributed by atoms with Crippen LogP contribution in [0.4, 0.5) is 5.69 Å². The first kappa shape index (κ1) is 9.51. The average Bonchev–Trinajstić information content (AvgIpc) is 2.71. The Morgan fingerprint density at radius 1 is 1.31 bits per heavy atom. The number of aromatic hydroxyl groups is 1. The molecule has 0 radical (unpaired) electrons. The van der Waals surface area contributed by atoms with E-state index in [0.29, 0.717) is 11.4 Å². The Morgan fingerprint density at radius 3 is 2.81 bits per heavy atom. The molecule has 1 amide bonds. The molecule has 1 heterocycles. The van der Waals surface area contributed by atoms with Gasteiger partial charge in [0.1, 0.15) is 17.2 Å². The number of fused-ring (bicyclic) bond motifs is 1. The van der Waals surface area contributed by atoms with Crippen molar-refractivity contribution in [1.82, 2.24) is 0 Å². The van der Waals surface area contributed by atoms with Crippen molar-refractivity contribution < 1.29 is 14.6 Å². The molecule has 1 aromatic carbocycles. The van der Waals surface area contributed by atoms with E-state index in [1.54, 1.807) is 12.1 Å². The molecule has 1 saturated carbocycles. The number of nitrogens with one attached hydrogen (secondary N) is 1. The van der Waals surface area contributed by atoms with Gasteiger partial charge in [-0.1, -0.05) is 6.07 Å². The van der Waals surface area contributed by atoms with Gasteiger partial charge in [-0.05, 0) is 37.8 Å². The van der Waals surface area contributed by atoms with E-state index in [9.17, 15) is 9.90 Å². The zero-order valence-corrected chi connectivity index (χ0v) is 8.82. The molecule has 1 spiro atoms. The van der Waals surface area contributed by atoms with Gasteiger partial charge in [0.15, 0.2) is 5.60 Å². The molecular formula is C12H13NO3. The minimum absolute atomic E-state index is 0.0543. The number of amides is 1. The molecule has 3 rings (SSSR count). The Kier molecular flexibility index (Phi) is 1.87. The quantitative estimate of drug-likeness (QED) is 0.656. The van der Waals surface area contributed by atoms with Crippen LogP contribution >= 0.6 is 0 Å². The molecule has 84 valence electrons. The van der Waals surface area contributed by atoms with E-state index >= 15 is 0 Å². The average molecular weight is 219 g/mol. The van der Waals surface area contributed by atoms with Gasteiger partial charge >= 0.3 is 0 Å². The van der Waals surface area contributed by atoms with Crippen LogP contribution in [0, 0.1) is 0 Å². The van der Waals surface area contributed by atoms with Crippen LogP contribution in [0.25, 0.3) is 0 Å². The predicted molar refractivity (Wildman–Crippen MR) is 58.6 cm³/mol. The lowest BCUT2D eigenvalue weighted by Gasteiger charge is -2.34. The van der Waals surface area contributed by atoms with E-state index in [1.165, 1.54) is 6.07 Å². The highest BCUT2D eigenvalue weighted by atomic mass is 16.5. The number of rotatable bonds is 0. The molecule has 0 bridgehead atoms. The van der Waals surface area contributed by atoms with Crippen LogP contribution in [0.2, 0.25) is 0 Å². The third kappa shape index (κ3) is 1.19. The highest BCUT2D eigenvalue weighted by molar-refractivity contribution is 6.02. The van der Waals surface area contributed by atoms with Gasteiger partial charge in [0, 0.05) is 0 Å². The summed E-state index contributed by atoms with van der Waals surface area (Å²) in [5.41, 5.74) is -0.300. The lowest BCUT2D eigenvalue weighted by Crippen LogP contribution is -2.48. The van der Waals surface area contributed by atoms with Crippen LogP contribution in [-0.2, 0) is 4.79 Å². The van der Waals surface area contributed by atoms with Gasteiger partial charge in [-0.25, -0.2) is 0 Å². The largest absolute Gasteiger partial charge is 0.506 e. The first-order valence-corrected chi connectivity index (χ1v) is 5.54. The van der Waals surface area contributed by atoms with Gasteiger partial charge in [-0.15, -0.1) is 0 Å². The van der Waals surface area contributed by atoms with E-state index in [2.05, 4.69) is 5.32 Å². The van der Waals surface area contributed by atoms with Crippen molar-refractivity contribution in [2.75, 3.05) is 5.32 Å². The SMILES string of the molecule is O=C1Nc2c(O)cccc2OC12CCCC2. The summed E-state index contributed by atoms with van der Waals surface area (Å²) in [7, 11) is 0. The number of hydrogen-bond donors (Lipinski definition) is 2. The van der Waals surface area contributed by atoms with Gasteiger partial charge in [0.2, 0.25) is 0 Å². The van der Waals surface area contributed by atoms with Crippen LogP contribution in [0.3, 0.4) is 0 Å². The van der Waals surface area contributed by atoms with E-state index in [4.69, 9.17) is 4.74 Å². The van der Waals surface area contributed by atoms with E-state index in [0.717, 1.165) is 25.7 Å². The van der Waals surface area contributed by atoms with Crippen molar-refractivity contribution in [2.45, 2.75) is 31.3 Å². The molecule has 4 nitrogen and oxygen atoms in total. The Morgan fingerprint density at radius 2 is 2.06 bits per heavy atom. The number of ether oxygens (including phenoxy) is 1. The number of phenolic OH excluding ortho intramolecular Hbond substituents is 1. The number of hydrogen-bond acceptors (Lipinski definition) is 3. The number of carbonyl (C=O) groups is 1. The van der Waals surface area contributed by atoms with Crippen LogP contribution in [0.15, 0.2) is 18.2 Å². The summed E-state index contributed by atoms with van der Waals surface area (Å²) >= 11 is 0. The highest BCUT2D eigenvalue weighted by Gasteiger charge is 2.47. The molecule has 1 aliphatic carbocycles. The van der Waals surface area contributed by atoms with Gasteiger partial charge in [0.25, 0.3) is 5.91 Å². The van der Waals surface area contributed by atoms with Crippen molar-refractivity contribution in [1.29, 1.82) is 0 Å². The van der Waals surface area contributed by atoms with Crippen molar-refractivity contribution in [3.8, 4) is 11.5 Å². The van der Waals surface area contributed by atoms with E-state index in [1.807, 2.05) is 0 Å². The first-order valence-electron chi connectivity index (χ1n) is 5.54. The molecule has 2 N–H and O–H groups in total. The van der Waals surface area contributed by atoms with Gasteiger partial charge in [-0.3, -0.25) is 4.79 Å². The van der Waals surface area contributed by atoms with Crippen LogP contribution in [-0.4, -0.2) is 16.6 Å². The Labute approximate surface area is 93.2 Å². The second-order valence-corrected chi connectivity index (χ2v) is 4.41. The second kappa shape index (κ2) is 3.14. The molecule has 4 heteroatoms. The molecule has 1 fully saturated rings. The zero-order valence-electron chi connectivity index (χ0n) is 8.82. The summed E-state index contributed by atoms with van der Waals surface area (Å²) < 4.78 is 5.80. The number of anilines is 1. The molecule has 2 aliphatic rings. The van der Waals surface area contributed by atoms with Crippen molar-refractivity contribution >= 4 is 11.6 Å². The van der Waals surface area contributed by atoms with Gasteiger partial charge in [-0.2, -0.15) is 0 Å². The number of benzene rings is 1. The Balaban J connectivity index is 2.05. The fraction of sp³-hybridized carbons (Fsp3) is 0.417. The third-order valence-corrected chi connectivity index (χ3v) is 3.37. The van der Waals surface area contributed by atoms with Crippen LogP contribution < -0.4 is 10.1 Å². The van der Waals surface area contributed by atoms with Crippen molar-refractivity contribution in [3.05, 3.63) is 18.2 Å². The van der Waals surface area contributed by atoms with E-state index < -0.39 is 5.60 Å². The topological polar surface area (TPSA) is 58.6 Å². The fourth-order valence-electron chi connectivity index (χ4n) is 2.49. The summed E-state index contributed by atoms with van der Waals surface area (Å²) in [6, 6.07) is 5.03. The molecule has 0 saturated heterocycles. The molecule has 0 aromatic heterocycles. The highest BCUT2D eigenvalue weighted by Crippen LogP contribution is 2.44. The fourth-order valence-corrected chi connectivity index (χ4v) is 2.49. The van der Waals surface area contributed by atoms with Crippen molar-refractivity contribution in [2.24, 2.45) is 0 Å². The maximum absolute atomic E-state index is 12.0. The normalized spacial score (nSPS) is 21.4. The van der Waals surface area contributed by atoms with Crippen LogP contribution in [0.5, 0.6) is 11.5 Å².